The molecule has 1 aromatic rings. The van der Waals surface area contributed by atoms with E-state index in [-0.39, 0.29) is 64.7 Å². The average molecular weight is 238 g/mol. The Kier molecular flexibility index (Phi) is 8.66. The van der Waals surface area contributed by atoms with Gasteiger partial charge >= 0.3 is 59.1 Å². The molecule has 0 N–H and O–H groups in total. The molecule has 0 bridgehead atoms. The van der Waals surface area contributed by atoms with Crippen LogP contribution >= 0.6 is 0 Å². The summed E-state index contributed by atoms with van der Waals surface area (Å²) in [5.74, 6) is -3.35. The Morgan fingerprint density at radius 3 is 1.69 bits per heavy atom. The van der Waals surface area contributed by atoms with Crippen LogP contribution in [-0.2, 0) is 15.0 Å². The summed E-state index contributed by atoms with van der Waals surface area (Å²) in [5.41, 5.74) is -1.96. The van der Waals surface area contributed by atoms with Gasteiger partial charge in [0.1, 0.15) is 0 Å². The van der Waals surface area contributed by atoms with E-state index in [2.05, 4.69) is 0 Å². The standard InChI is InChI=1S/C10H10O4.2Na/c1-10(8(11)12,9(13)14)7-5-3-2-4-6-7;;/h2-6H,1H3,(H,11,12)(H,13,14);;/q;2*+1/p-2. The van der Waals surface area contributed by atoms with Gasteiger partial charge in [-0.05, 0) is 12.5 Å². The molecule has 0 radical (unpaired) electrons. The molecule has 0 amide bonds. The maximum atomic E-state index is 10.7. The van der Waals surface area contributed by atoms with Crippen molar-refractivity contribution in [1.82, 2.24) is 0 Å². The second-order valence-electron chi connectivity index (χ2n) is 3.07. The first-order chi connectivity index (χ1) is 6.49. The molecule has 0 aromatic heterocycles. The van der Waals surface area contributed by atoms with Gasteiger partial charge in [0, 0.05) is 0 Å². The zero-order valence-corrected chi connectivity index (χ0v) is 13.5. The Morgan fingerprint density at radius 2 is 1.38 bits per heavy atom. The Morgan fingerprint density at radius 1 is 1.00 bits per heavy atom. The van der Waals surface area contributed by atoms with Crippen molar-refractivity contribution in [1.29, 1.82) is 0 Å². The third-order valence-corrected chi connectivity index (χ3v) is 2.17. The molecule has 0 saturated heterocycles. The van der Waals surface area contributed by atoms with Crippen molar-refractivity contribution >= 4 is 11.9 Å². The molecule has 1 rings (SSSR count). The second kappa shape index (κ2) is 7.48. The van der Waals surface area contributed by atoms with Gasteiger partial charge in [-0.25, -0.2) is 0 Å². The molecular formula is C10H8Na2O4. The number of carbonyl (C=O) groups is 2. The number of carboxylic acids is 2. The quantitative estimate of drug-likeness (QED) is 0.387. The fraction of sp³-hybridized carbons (Fsp3) is 0.200. The van der Waals surface area contributed by atoms with Crippen molar-refractivity contribution in [2.24, 2.45) is 0 Å². The molecule has 16 heavy (non-hydrogen) atoms. The van der Waals surface area contributed by atoms with E-state index in [0.29, 0.717) is 0 Å². The first-order valence-corrected chi connectivity index (χ1v) is 3.98. The molecule has 6 heteroatoms. The number of hydrogen-bond acceptors (Lipinski definition) is 4. The molecular weight excluding hydrogens is 230 g/mol. The number of rotatable bonds is 3. The van der Waals surface area contributed by atoms with Gasteiger partial charge in [-0.1, -0.05) is 30.3 Å². The van der Waals surface area contributed by atoms with E-state index >= 15 is 0 Å². The molecule has 0 heterocycles. The number of carbonyl (C=O) groups excluding carboxylic acids is 2. The summed E-state index contributed by atoms with van der Waals surface area (Å²) in [6, 6.07) is 7.59. The minimum absolute atomic E-state index is 0. The second-order valence-corrected chi connectivity index (χ2v) is 3.07. The zero-order chi connectivity index (χ0) is 10.8. The van der Waals surface area contributed by atoms with E-state index in [1.165, 1.54) is 12.1 Å². The van der Waals surface area contributed by atoms with Crippen molar-refractivity contribution in [3.05, 3.63) is 35.9 Å². The molecule has 4 nitrogen and oxygen atoms in total. The fourth-order valence-electron chi connectivity index (χ4n) is 1.09. The van der Waals surface area contributed by atoms with E-state index in [9.17, 15) is 19.8 Å². The third kappa shape index (κ3) is 3.58. The van der Waals surface area contributed by atoms with Crippen molar-refractivity contribution in [2.45, 2.75) is 12.3 Å². The van der Waals surface area contributed by atoms with Gasteiger partial charge in [0.2, 0.25) is 0 Å². The van der Waals surface area contributed by atoms with Crippen LogP contribution in [-0.4, -0.2) is 11.9 Å². The largest absolute Gasteiger partial charge is 1.00 e. The van der Waals surface area contributed by atoms with Gasteiger partial charge in [0.05, 0.1) is 17.4 Å². The summed E-state index contributed by atoms with van der Waals surface area (Å²) in [7, 11) is 0. The summed E-state index contributed by atoms with van der Waals surface area (Å²) in [5, 5.41) is 21.5. The number of carboxylic acid groups (broad SMARTS) is 2. The van der Waals surface area contributed by atoms with Crippen molar-refractivity contribution in [3.8, 4) is 0 Å². The summed E-state index contributed by atoms with van der Waals surface area (Å²) in [6.07, 6.45) is 0. The van der Waals surface area contributed by atoms with E-state index < -0.39 is 17.4 Å². The van der Waals surface area contributed by atoms with Gasteiger partial charge in [0.25, 0.3) is 0 Å². The van der Waals surface area contributed by atoms with Crippen LogP contribution in [0.4, 0.5) is 0 Å². The summed E-state index contributed by atoms with van der Waals surface area (Å²) >= 11 is 0. The van der Waals surface area contributed by atoms with Crippen molar-refractivity contribution < 1.29 is 78.9 Å². The number of hydrogen-bond donors (Lipinski definition) is 0. The minimum Gasteiger partial charge on any atom is -0.549 e. The Balaban J connectivity index is 0. The van der Waals surface area contributed by atoms with E-state index in [1.54, 1.807) is 18.2 Å². The van der Waals surface area contributed by atoms with Crippen LogP contribution in [0, 0.1) is 0 Å². The predicted molar refractivity (Wildman–Crippen MR) is 43.8 cm³/mol. The SMILES string of the molecule is CC(C(=O)[O-])(C(=O)[O-])c1ccccc1.[Na+].[Na+]. The molecule has 0 fully saturated rings. The average Bonchev–Trinajstić information content (AvgIpc) is 2.17. The van der Waals surface area contributed by atoms with Gasteiger partial charge in [-0.2, -0.15) is 0 Å². The predicted octanol–water partition coefficient (Wildman–Crippen LogP) is -7.55. The molecule has 74 valence electrons. The van der Waals surface area contributed by atoms with E-state index in [4.69, 9.17) is 0 Å². The van der Waals surface area contributed by atoms with Gasteiger partial charge in [0.15, 0.2) is 0 Å². The van der Waals surface area contributed by atoms with Gasteiger partial charge < -0.3 is 19.8 Å². The smallest absolute Gasteiger partial charge is 0.549 e. The number of aliphatic carboxylic acids is 2. The van der Waals surface area contributed by atoms with Crippen LogP contribution in [0.25, 0.3) is 0 Å². The fourth-order valence-corrected chi connectivity index (χ4v) is 1.09. The molecule has 0 spiro atoms. The Hall–Kier alpha value is 0.160. The maximum absolute atomic E-state index is 10.7. The van der Waals surface area contributed by atoms with Gasteiger partial charge in [-0.15, -0.1) is 0 Å². The first-order valence-electron chi connectivity index (χ1n) is 3.98. The van der Waals surface area contributed by atoms with Gasteiger partial charge in [-0.3, -0.25) is 0 Å². The van der Waals surface area contributed by atoms with Crippen LogP contribution in [0.3, 0.4) is 0 Å². The third-order valence-electron chi connectivity index (χ3n) is 2.17. The summed E-state index contributed by atoms with van der Waals surface area (Å²) < 4.78 is 0. The Bertz CT molecular complexity index is 350. The first kappa shape index (κ1) is 18.5. The Labute approximate surface area is 138 Å². The molecule has 1 aromatic carbocycles. The zero-order valence-electron chi connectivity index (χ0n) is 9.52. The van der Waals surface area contributed by atoms with E-state index in [0.717, 1.165) is 6.92 Å². The topological polar surface area (TPSA) is 80.3 Å². The summed E-state index contributed by atoms with van der Waals surface area (Å²) in [6.45, 7) is 1.05. The minimum atomic E-state index is -2.10. The van der Waals surface area contributed by atoms with Crippen LogP contribution in [0.5, 0.6) is 0 Å². The van der Waals surface area contributed by atoms with Crippen LogP contribution in [0.15, 0.2) is 30.3 Å². The van der Waals surface area contributed by atoms with Crippen LogP contribution in [0.1, 0.15) is 12.5 Å². The molecule has 0 aliphatic carbocycles. The van der Waals surface area contributed by atoms with E-state index in [1.807, 2.05) is 0 Å². The molecule has 0 aliphatic heterocycles. The molecule has 0 aliphatic rings. The monoisotopic (exact) mass is 238 g/mol. The summed E-state index contributed by atoms with van der Waals surface area (Å²) in [4.78, 5) is 21.5. The van der Waals surface area contributed by atoms with Crippen LogP contribution < -0.4 is 69.3 Å². The van der Waals surface area contributed by atoms with Crippen LogP contribution in [0.2, 0.25) is 0 Å². The molecule has 0 unspecified atom stereocenters. The van der Waals surface area contributed by atoms with Crippen molar-refractivity contribution in [2.75, 3.05) is 0 Å². The maximum Gasteiger partial charge on any atom is 1.00 e. The number of benzene rings is 1. The van der Waals surface area contributed by atoms with Crippen molar-refractivity contribution in [3.63, 3.8) is 0 Å². The molecule has 0 atom stereocenters. The molecule has 0 saturated carbocycles. The normalized spacial score (nSPS) is 9.56.